The summed E-state index contributed by atoms with van der Waals surface area (Å²) >= 11 is 1.68. The van der Waals surface area contributed by atoms with Crippen LogP contribution in [0.5, 0.6) is 0 Å². The lowest BCUT2D eigenvalue weighted by Crippen LogP contribution is -2.39. The maximum absolute atomic E-state index is 6.25. The van der Waals surface area contributed by atoms with Crippen LogP contribution in [0.2, 0.25) is 0 Å². The van der Waals surface area contributed by atoms with Crippen molar-refractivity contribution in [1.82, 2.24) is 15.0 Å². The molecule has 0 bridgehead atoms. The quantitative estimate of drug-likeness (QED) is 0.440. The lowest BCUT2D eigenvalue weighted by molar-refractivity contribution is -0.0396. The van der Waals surface area contributed by atoms with Gasteiger partial charge in [0.15, 0.2) is 0 Å². The predicted molar refractivity (Wildman–Crippen MR) is 137 cm³/mol. The minimum absolute atomic E-state index is 0.127. The van der Waals surface area contributed by atoms with E-state index in [-0.39, 0.29) is 11.6 Å². The third-order valence-electron chi connectivity index (χ3n) is 6.77. The summed E-state index contributed by atoms with van der Waals surface area (Å²) in [5.74, 6) is 1.89. The van der Waals surface area contributed by atoms with Crippen molar-refractivity contribution in [1.29, 1.82) is 0 Å². The van der Waals surface area contributed by atoms with Gasteiger partial charge in [-0.3, -0.25) is 0 Å². The molecule has 1 fully saturated rings. The highest BCUT2D eigenvalue weighted by Gasteiger charge is 2.33. The smallest absolute Gasteiger partial charge is 0.148 e. The van der Waals surface area contributed by atoms with E-state index in [1.807, 2.05) is 6.07 Å². The van der Waals surface area contributed by atoms with Gasteiger partial charge in [0.1, 0.15) is 22.8 Å². The molecule has 6 rings (SSSR count). The Kier molecular flexibility index (Phi) is 5.39. The highest BCUT2D eigenvalue weighted by atomic mass is 32.1. The number of fused-ring (bicyclic) bond motifs is 5. The Morgan fingerprint density at radius 1 is 1.09 bits per heavy atom. The summed E-state index contributed by atoms with van der Waals surface area (Å²) in [4.78, 5) is 17.9. The molecule has 1 atom stereocenters. The first-order chi connectivity index (χ1) is 16.5. The molecule has 7 nitrogen and oxygen atoms in total. The van der Waals surface area contributed by atoms with E-state index < -0.39 is 0 Å². The molecule has 0 saturated carbocycles. The molecule has 176 valence electrons. The Labute approximate surface area is 203 Å². The van der Waals surface area contributed by atoms with E-state index in [2.05, 4.69) is 60.2 Å². The monoisotopic (exact) mass is 475 g/mol. The zero-order chi connectivity index (χ0) is 23.3. The summed E-state index contributed by atoms with van der Waals surface area (Å²) in [7, 11) is 0. The summed E-state index contributed by atoms with van der Waals surface area (Å²) in [6, 6.07) is 10.6. The number of benzene rings is 1. The lowest BCUT2D eigenvalue weighted by atomic mass is 9.90. The fraction of sp³-hybridized carbons (Fsp3) is 0.423. The van der Waals surface area contributed by atoms with Gasteiger partial charge in [0.2, 0.25) is 0 Å². The Morgan fingerprint density at radius 2 is 1.88 bits per heavy atom. The number of ether oxygens (including phenoxy) is 2. The van der Waals surface area contributed by atoms with Crippen molar-refractivity contribution in [3.63, 3.8) is 0 Å². The van der Waals surface area contributed by atoms with Crippen LogP contribution in [0, 0.1) is 0 Å². The molecule has 0 amide bonds. The molecule has 34 heavy (non-hydrogen) atoms. The normalized spacial score (nSPS) is 18.7. The van der Waals surface area contributed by atoms with Crippen molar-refractivity contribution in [3.05, 3.63) is 53.3 Å². The number of hydrogen-bond donors (Lipinski definition) is 1. The van der Waals surface area contributed by atoms with Gasteiger partial charge >= 0.3 is 0 Å². The lowest BCUT2D eigenvalue weighted by Gasteiger charge is -2.36. The van der Waals surface area contributed by atoms with Crippen LogP contribution in [-0.2, 0) is 22.5 Å². The van der Waals surface area contributed by atoms with E-state index in [1.54, 1.807) is 17.7 Å². The first-order valence-corrected chi connectivity index (χ1v) is 12.7. The van der Waals surface area contributed by atoms with Gasteiger partial charge in [-0.25, -0.2) is 15.0 Å². The van der Waals surface area contributed by atoms with Crippen molar-refractivity contribution in [2.45, 2.75) is 45.4 Å². The fourth-order valence-corrected chi connectivity index (χ4v) is 6.07. The number of hydrogen-bond acceptors (Lipinski definition) is 8. The van der Waals surface area contributed by atoms with Gasteiger partial charge in [0.05, 0.1) is 35.6 Å². The number of anilines is 2. The topological polar surface area (TPSA) is 72.4 Å². The minimum Gasteiger partial charge on any atom is -0.378 e. The van der Waals surface area contributed by atoms with Crippen molar-refractivity contribution in [3.8, 4) is 0 Å². The summed E-state index contributed by atoms with van der Waals surface area (Å²) in [6.45, 7) is 10.2. The molecule has 0 spiro atoms. The number of nitrogens with zero attached hydrogens (tertiary/aromatic N) is 4. The Balaban J connectivity index is 1.51. The number of morpholine rings is 1. The molecule has 1 saturated heterocycles. The van der Waals surface area contributed by atoms with Gasteiger partial charge in [-0.2, -0.15) is 0 Å². The molecule has 0 radical (unpaired) electrons. The van der Waals surface area contributed by atoms with Crippen LogP contribution in [0.3, 0.4) is 0 Å². The van der Waals surface area contributed by atoms with Crippen LogP contribution in [-0.4, -0.2) is 46.9 Å². The predicted octanol–water partition coefficient (Wildman–Crippen LogP) is 5.10. The van der Waals surface area contributed by atoms with Crippen molar-refractivity contribution in [2.24, 2.45) is 0 Å². The zero-order valence-corrected chi connectivity index (χ0v) is 20.6. The molecule has 1 aromatic carbocycles. The molecule has 3 aromatic heterocycles. The average Bonchev–Trinajstić information content (AvgIpc) is 3.24. The third kappa shape index (κ3) is 3.79. The van der Waals surface area contributed by atoms with Crippen molar-refractivity contribution < 1.29 is 9.47 Å². The number of thiophene rings is 1. The van der Waals surface area contributed by atoms with Gasteiger partial charge in [0.25, 0.3) is 0 Å². The van der Waals surface area contributed by atoms with E-state index in [0.29, 0.717) is 6.61 Å². The molecule has 0 unspecified atom stereocenters. The molecule has 1 N–H and O–H groups in total. The van der Waals surface area contributed by atoms with Crippen LogP contribution < -0.4 is 10.2 Å². The summed E-state index contributed by atoms with van der Waals surface area (Å²) in [5.41, 5.74) is 4.48. The van der Waals surface area contributed by atoms with Gasteiger partial charge in [0, 0.05) is 36.5 Å². The average molecular weight is 476 g/mol. The SMILES string of the molecule is C[C@H](Nc1ncnc2c1sc1nc(N3CCOCC3)c3c(c12)CC(C)(C)OC3)c1ccccc1. The molecule has 5 heterocycles. The number of rotatable bonds is 4. The largest absolute Gasteiger partial charge is 0.378 e. The molecule has 8 heteroatoms. The van der Waals surface area contributed by atoms with Crippen molar-refractivity contribution in [2.75, 3.05) is 36.5 Å². The van der Waals surface area contributed by atoms with E-state index in [0.717, 1.165) is 64.8 Å². The van der Waals surface area contributed by atoms with Gasteiger partial charge in [-0.15, -0.1) is 11.3 Å². The number of pyridine rings is 1. The molecule has 0 aliphatic carbocycles. The Morgan fingerprint density at radius 3 is 2.68 bits per heavy atom. The summed E-state index contributed by atoms with van der Waals surface area (Å²) in [5, 5.41) is 4.77. The van der Waals surface area contributed by atoms with Crippen LogP contribution in [0.25, 0.3) is 20.4 Å². The van der Waals surface area contributed by atoms with E-state index in [9.17, 15) is 0 Å². The standard InChI is InChI=1S/C26H29N5O2S/c1-16(17-7-5-4-6-8-17)29-23-22-21(27-15-28-23)20-18-13-26(2,3)33-14-19(18)24(30-25(20)34-22)31-9-11-32-12-10-31/h4-8,15-16H,9-14H2,1-3H3,(H,27,28,29)/t16-/m0/s1. The van der Waals surface area contributed by atoms with Crippen LogP contribution in [0.15, 0.2) is 36.7 Å². The maximum Gasteiger partial charge on any atom is 0.148 e. The van der Waals surface area contributed by atoms with Crippen LogP contribution in [0.1, 0.15) is 43.5 Å². The summed E-state index contributed by atoms with van der Waals surface area (Å²) in [6.07, 6.45) is 2.50. The van der Waals surface area contributed by atoms with E-state index in [4.69, 9.17) is 19.4 Å². The van der Waals surface area contributed by atoms with Crippen LogP contribution >= 0.6 is 11.3 Å². The second kappa shape index (κ2) is 8.45. The first kappa shape index (κ1) is 21.7. The molecule has 2 aliphatic rings. The molecular weight excluding hydrogens is 446 g/mol. The van der Waals surface area contributed by atoms with E-state index >= 15 is 0 Å². The molecular formula is C26H29N5O2S. The zero-order valence-electron chi connectivity index (χ0n) is 19.8. The number of nitrogens with one attached hydrogen (secondary N) is 1. The van der Waals surface area contributed by atoms with Crippen molar-refractivity contribution >= 4 is 43.4 Å². The van der Waals surface area contributed by atoms with Gasteiger partial charge in [-0.05, 0) is 31.9 Å². The Hall–Kier alpha value is -2.81. The highest BCUT2D eigenvalue weighted by molar-refractivity contribution is 7.26. The third-order valence-corrected chi connectivity index (χ3v) is 7.85. The maximum atomic E-state index is 6.25. The second-order valence-electron chi connectivity index (χ2n) is 9.68. The highest BCUT2D eigenvalue weighted by Crippen LogP contribution is 2.44. The van der Waals surface area contributed by atoms with Gasteiger partial charge < -0.3 is 19.7 Å². The molecule has 4 aromatic rings. The summed E-state index contributed by atoms with van der Waals surface area (Å²) < 4.78 is 12.9. The minimum atomic E-state index is -0.228. The molecule has 2 aliphatic heterocycles. The van der Waals surface area contributed by atoms with Crippen LogP contribution in [0.4, 0.5) is 11.6 Å². The van der Waals surface area contributed by atoms with Gasteiger partial charge in [-0.1, -0.05) is 30.3 Å². The number of aromatic nitrogens is 3. The fourth-order valence-electron chi connectivity index (χ4n) is 4.96. The van der Waals surface area contributed by atoms with E-state index in [1.165, 1.54) is 16.7 Å². The second-order valence-corrected chi connectivity index (χ2v) is 10.7. The Bertz CT molecular complexity index is 1350. The first-order valence-electron chi connectivity index (χ1n) is 11.9.